The molecule has 110 valence electrons. The van der Waals surface area contributed by atoms with Gasteiger partial charge in [0.2, 0.25) is 5.95 Å². The summed E-state index contributed by atoms with van der Waals surface area (Å²) in [6.07, 6.45) is 3.56. The van der Waals surface area contributed by atoms with E-state index >= 15 is 0 Å². The van der Waals surface area contributed by atoms with E-state index in [4.69, 9.17) is 0 Å². The van der Waals surface area contributed by atoms with Crippen LogP contribution in [-0.4, -0.2) is 36.1 Å². The molecule has 6 heteroatoms. The molecule has 0 amide bonds. The Hall–Kier alpha value is -0.420. The number of halogens is 3. The van der Waals surface area contributed by atoms with Gasteiger partial charge in [-0.2, -0.15) is 4.39 Å². The van der Waals surface area contributed by atoms with Crippen molar-refractivity contribution in [2.45, 2.75) is 25.8 Å². The summed E-state index contributed by atoms with van der Waals surface area (Å²) in [6.45, 7) is 6.09. The molecule has 1 aromatic heterocycles. The Bertz CT molecular complexity index is 359. The lowest BCUT2D eigenvalue weighted by Gasteiger charge is -2.35. The molecule has 1 N–H and O–H groups in total. The van der Waals surface area contributed by atoms with E-state index in [0.717, 1.165) is 44.6 Å². The number of piperazine rings is 1. The third-order valence-electron chi connectivity index (χ3n) is 3.30. The van der Waals surface area contributed by atoms with Crippen LogP contribution in [0.15, 0.2) is 18.3 Å². The van der Waals surface area contributed by atoms with Gasteiger partial charge in [0.1, 0.15) is 0 Å². The third-order valence-corrected chi connectivity index (χ3v) is 3.30. The lowest BCUT2D eigenvalue weighted by molar-refractivity contribution is 0.160. The molecule has 0 bridgehead atoms. The van der Waals surface area contributed by atoms with Gasteiger partial charge < -0.3 is 5.32 Å². The molecule has 0 aromatic carbocycles. The molecule has 19 heavy (non-hydrogen) atoms. The molecular weight excluding hydrogens is 288 g/mol. The highest BCUT2D eigenvalue weighted by Gasteiger charge is 2.23. The van der Waals surface area contributed by atoms with Gasteiger partial charge in [-0.15, -0.1) is 24.8 Å². The highest BCUT2D eigenvalue weighted by atomic mass is 35.5. The predicted molar refractivity (Wildman–Crippen MR) is 80.8 cm³/mol. The molecule has 0 spiro atoms. The number of nitrogens with zero attached hydrogens (tertiary/aromatic N) is 2. The molecule has 1 atom stereocenters. The Morgan fingerprint density at radius 1 is 1.37 bits per heavy atom. The SMILES string of the molecule is CCC[C@@H](c1cccnc1F)N1CCNCC1.Cl.Cl. The zero-order chi connectivity index (χ0) is 12.1. The van der Waals surface area contributed by atoms with Crippen LogP contribution < -0.4 is 5.32 Å². The van der Waals surface area contributed by atoms with E-state index in [0.29, 0.717) is 0 Å². The quantitative estimate of drug-likeness (QED) is 0.867. The number of pyridine rings is 1. The summed E-state index contributed by atoms with van der Waals surface area (Å²) in [6, 6.07) is 3.87. The van der Waals surface area contributed by atoms with Crippen molar-refractivity contribution in [2.75, 3.05) is 26.2 Å². The van der Waals surface area contributed by atoms with Crippen LogP contribution >= 0.6 is 24.8 Å². The molecule has 1 aromatic rings. The first-order chi connectivity index (χ1) is 8.33. The van der Waals surface area contributed by atoms with Crippen LogP contribution in [0.3, 0.4) is 0 Å². The van der Waals surface area contributed by atoms with Gasteiger partial charge in [-0.1, -0.05) is 19.4 Å². The Morgan fingerprint density at radius 2 is 2.05 bits per heavy atom. The minimum Gasteiger partial charge on any atom is -0.314 e. The Balaban J connectivity index is 0.00000162. The number of aromatic nitrogens is 1. The molecule has 2 rings (SSSR count). The maximum Gasteiger partial charge on any atom is 0.217 e. The fourth-order valence-corrected chi connectivity index (χ4v) is 2.45. The van der Waals surface area contributed by atoms with Gasteiger partial charge in [0.05, 0.1) is 0 Å². The van der Waals surface area contributed by atoms with Gasteiger partial charge in [-0.25, -0.2) is 4.98 Å². The summed E-state index contributed by atoms with van der Waals surface area (Å²) in [7, 11) is 0. The van der Waals surface area contributed by atoms with Crippen LogP contribution in [0, 0.1) is 5.95 Å². The van der Waals surface area contributed by atoms with Crippen LogP contribution in [0.25, 0.3) is 0 Å². The number of rotatable bonds is 4. The van der Waals surface area contributed by atoms with E-state index in [9.17, 15) is 4.39 Å². The summed E-state index contributed by atoms with van der Waals surface area (Å²) in [4.78, 5) is 6.13. The molecule has 1 saturated heterocycles. The van der Waals surface area contributed by atoms with Gasteiger partial charge in [0, 0.05) is 44.0 Å². The third kappa shape index (κ3) is 4.88. The highest BCUT2D eigenvalue weighted by Crippen LogP contribution is 2.27. The Morgan fingerprint density at radius 3 is 2.63 bits per heavy atom. The molecule has 1 fully saturated rings. The molecule has 0 unspecified atom stereocenters. The number of hydrogen-bond donors (Lipinski definition) is 1. The van der Waals surface area contributed by atoms with Crippen LogP contribution in [0.5, 0.6) is 0 Å². The minimum absolute atomic E-state index is 0. The first-order valence-corrected chi connectivity index (χ1v) is 6.38. The second-order valence-electron chi connectivity index (χ2n) is 4.47. The lowest BCUT2D eigenvalue weighted by Crippen LogP contribution is -2.45. The summed E-state index contributed by atoms with van der Waals surface area (Å²) in [5, 5.41) is 3.33. The van der Waals surface area contributed by atoms with Gasteiger partial charge in [-0.05, 0) is 12.5 Å². The molecular formula is C13H22Cl2FN3. The monoisotopic (exact) mass is 309 g/mol. The largest absolute Gasteiger partial charge is 0.314 e. The lowest BCUT2D eigenvalue weighted by atomic mass is 10.0. The first kappa shape index (κ1) is 18.6. The van der Waals surface area contributed by atoms with Crippen molar-refractivity contribution >= 4 is 24.8 Å². The maximum atomic E-state index is 13.8. The van der Waals surface area contributed by atoms with Gasteiger partial charge >= 0.3 is 0 Å². The summed E-state index contributed by atoms with van der Waals surface area (Å²) < 4.78 is 13.8. The van der Waals surface area contributed by atoms with Crippen molar-refractivity contribution in [1.82, 2.24) is 15.2 Å². The molecule has 0 aliphatic carbocycles. The molecule has 2 heterocycles. The van der Waals surface area contributed by atoms with Crippen molar-refractivity contribution in [2.24, 2.45) is 0 Å². The average molecular weight is 310 g/mol. The van der Waals surface area contributed by atoms with Crippen LogP contribution in [0.1, 0.15) is 31.4 Å². The second kappa shape index (κ2) is 9.48. The van der Waals surface area contributed by atoms with Crippen LogP contribution in [0.4, 0.5) is 4.39 Å². The van der Waals surface area contributed by atoms with Crippen LogP contribution in [-0.2, 0) is 0 Å². The van der Waals surface area contributed by atoms with E-state index in [2.05, 4.69) is 22.1 Å². The summed E-state index contributed by atoms with van der Waals surface area (Å²) in [5.74, 6) is -0.315. The number of nitrogens with one attached hydrogen (secondary N) is 1. The van der Waals surface area contributed by atoms with E-state index in [1.807, 2.05) is 12.1 Å². The normalized spacial score (nSPS) is 17.2. The topological polar surface area (TPSA) is 28.2 Å². The average Bonchev–Trinajstić information content (AvgIpc) is 2.38. The smallest absolute Gasteiger partial charge is 0.217 e. The van der Waals surface area contributed by atoms with Crippen molar-refractivity contribution in [3.05, 3.63) is 29.8 Å². The van der Waals surface area contributed by atoms with E-state index in [1.165, 1.54) is 6.20 Å². The number of hydrogen-bond acceptors (Lipinski definition) is 3. The zero-order valence-electron chi connectivity index (χ0n) is 11.1. The van der Waals surface area contributed by atoms with Gasteiger partial charge in [-0.3, -0.25) is 4.90 Å². The zero-order valence-corrected chi connectivity index (χ0v) is 12.8. The molecule has 3 nitrogen and oxygen atoms in total. The van der Waals surface area contributed by atoms with Crippen LogP contribution in [0.2, 0.25) is 0 Å². The fraction of sp³-hybridized carbons (Fsp3) is 0.615. The minimum atomic E-state index is -0.315. The van der Waals surface area contributed by atoms with E-state index < -0.39 is 0 Å². The second-order valence-corrected chi connectivity index (χ2v) is 4.47. The van der Waals surface area contributed by atoms with Crippen molar-refractivity contribution in [3.63, 3.8) is 0 Å². The standard InChI is InChI=1S/C13H20FN3.2ClH/c1-2-4-12(17-9-7-15-8-10-17)11-5-3-6-16-13(11)14;;/h3,5-6,12,15H,2,4,7-10H2,1H3;2*1H/t12-;;/m0../s1. The van der Waals surface area contributed by atoms with Crippen molar-refractivity contribution < 1.29 is 4.39 Å². The summed E-state index contributed by atoms with van der Waals surface area (Å²) >= 11 is 0. The van der Waals surface area contributed by atoms with Crippen molar-refractivity contribution in [1.29, 1.82) is 0 Å². The fourth-order valence-electron chi connectivity index (χ4n) is 2.45. The van der Waals surface area contributed by atoms with Crippen molar-refractivity contribution in [3.8, 4) is 0 Å². The molecule has 0 saturated carbocycles. The molecule has 0 radical (unpaired) electrons. The van der Waals surface area contributed by atoms with Gasteiger partial charge in [0.25, 0.3) is 0 Å². The highest BCUT2D eigenvalue weighted by molar-refractivity contribution is 5.85. The molecule has 1 aliphatic heterocycles. The predicted octanol–water partition coefficient (Wildman–Crippen LogP) is 2.81. The van der Waals surface area contributed by atoms with Gasteiger partial charge in [0.15, 0.2) is 0 Å². The van der Waals surface area contributed by atoms with E-state index in [1.54, 1.807) is 0 Å². The Kier molecular flexibility index (Phi) is 9.27. The first-order valence-electron chi connectivity index (χ1n) is 6.38. The Labute approximate surface area is 126 Å². The molecule has 1 aliphatic rings. The maximum absolute atomic E-state index is 13.8. The van der Waals surface area contributed by atoms with E-state index in [-0.39, 0.29) is 36.8 Å². The summed E-state index contributed by atoms with van der Waals surface area (Å²) in [5.41, 5.74) is 0.747.